The highest BCUT2D eigenvalue weighted by molar-refractivity contribution is 5.79. The fourth-order valence-electron chi connectivity index (χ4n) is 6.66. The average molecular weight is 765 g/mol. The Hall–Kier alpha value is -4.25. The Morgan fingerprint density at radius 3 is 1.55 bits per heavy atom. The molecule has 300 valence electrons. The van der Waals surface area contributed by atoms with Crippen molar-refractivity contribution < 1.29 is 49.0 Å². The fraction of sp³-hybridized carbons (Fsp3) is 0.488. The number of β-amino-alcohol motifs (C(OH)–C–C–N with tert-alkyl or cyclic N) is 1. The summed E-state index contributed by atoms with van der Waals surface area (Å²) in [6.07, 6.45) is -0.669. The standard InChI is InChI=1S/C41H56N4O10/c1-33(46)25-42-17-18-43(26-38(47)48)20-23-45(24-22-44(21-19-42)37(39(49)50)30-53-27-34-11-5-2-6-12-34)41(40(51)52,31-54-28-35-13-7-3-8-14-35)32-55-29-36-15-9-4-10-16-36/h2-16,33,37,46H,17-32H2,1H3,(H,47,48)(H,49,50)(H,51,52). The molecule has 1 fully saturated rings. The molecule has 14 nitrogen and oxygen atoms in total. The monoisotopic (exact) mass is 764 g/mol. The number of hydrogen-bond donors (Lipinski definition) is 4. The van der Waals surface area contributed by atoms with Crippen LogP contribution in [0.2, 0.25) is 0 Å². The van der Waals surface area contributed by atoms with Crippen molar-refractivity contribution in [1.29, 1.82) is 0 Å². The van der Waals surface area contributed by atoms with Crippen molar-refractivity contribution in [2.75, 3.05) is 85.3 Å². The Kier molecular flexibility index (Phi) is 18.2. The molecule has 55 heavy (non-hydrogen) atoms. The SMILES string of the molecule is CC(O)CN1CCN(CC(=O)O)CCN(C(COCc2ccccc2)(COCc2ccccc2)C(=O)O)CCN(C(COCc2ccccc2)C(=O)O)CC1. The number of aliphatic hydroxyl groups excluding tert-OH is 1. The van der Waals surface area contributed by atoms with Crippen LogP contribution in [0.15, 0.2) is 91.0 Å². The minimum Gasteiger partial charge on any atom is -0.480 e. The van der Waals surface area contributed by atoms with E-state index in [1.807, 2.05) is 95.9 Å². The summed E-state index contributed by atoms with van der Waals surface area (Å²) in [5.74, 6) is -3.28. The minimum absolute atomic E-state index is 0.0927. The number of carboxylic acid groups (broad SMARTS) is 3. The number of carboxylic acids is 3. The molecule has 0 aliphatic carbocycles. The van der Waals surface area contributed by atoms with Gasteiger partial charge in [-0.3, -0.25) is 34.0 Å². The van der Waals surface area contributed by atoms with Gasteiger partial charge in [0.05, 0.1) is 52.3 Å². The fourth-order valence-corrected chi connectivity index (χ4v) is 6.66. The summed E-state index contributed by atoms with van der Waals surface area (Å²) in [7, 11) is 0. The zero-order chi connectivity index (χ0) is 39.5. The molecule has 0 saturated carbocycles. The third kappa shape index (κ3) is 14.7. The van der Waals surface area contributed by atoms with Gasteiger partial charge in [-0.2, -0.15) is 0 Å². The van der Waals surface area contributed by atoms with Crippen LogP contribution in [0.3, 0.4) is 0 Å². The van der Waals surface area contributed by atoms with Gasteiger partial charge >= 0.3 is 17.9 Å². The molecule has 1 aliphatic rings. The van der Waals surface area contributed by atoms with E-state index in [1.54, 1.807) is 21.6 Å². The van der Waals surface area contributed by atoms with E-state index in [-0.39, 0.29) is 78.9 Å². The van der Waals surface area contributed by atoms with Crippen molar-refractivity contribution in [2.24, 2.45) is 0 Å². The van der Waals surface area contributed by atoms with E-state index in [0.717, 1.165) is 16.7 Å². The van der Waals surface area contributed by atoms with Gasteiger partial charge < -0.3 is 34.6 Å². The van der Waals surface area contributed by atoms with Crippen LogP contribution in [0.5, 0.6) is 0 Å². The summed E-state index contributed by atoms with van der Waals surface area (Å²) in [5, 5.41) is 41.7. The lowest BCUT2D eigenvalue weighted by atomic mass is 9.98. The van der Waals surface area contributed by atoms with Crippen LogP contribution in [0.4, 0.5) is 0 Å². The highest BCUT2D eigenvalue weighted by atomic mass is 16.5. The molecule has 0 radical (unpaired) electrons. The van der Waals surface area contributed by atoms with Crippen molar-refractivity contribution in [3.63, 3.8) is 0 Å². The Balaban J connectivity index is 1.67. The van der Waals surface area contributed by atoms with Gasteiger partial charge in [-0.15, -0.1) is 0 Å². The van der Waals surface area contributed by atoms with Crippen LogP contribution in [0.25, 0.3) is 0 Å². The number of hydrogen-bond acceptors (Lipinski definition) is 11. The van der Waals surface area contributed by atoms with Crippen LogP contribution in [-0.4, -0.2) is 161 Å². The molecule has 1 heterocycles. The lowest BCUT2D eigenvalue weighted by Gasteiger charge is -2.43. The molecule has 14 heteroatoms. The van der Waals surface area contributed by atoms with Gasteiger partial charge in [-0.1, -0.05) is 91.0 Å². The molecule has 2 unspecified atom stereocenters. The number of aliphatic hydroxyl groups is 1. The van der Waals surface area contributed by atoms with E-state index in [4.69, 9.17) is 14.2 Å². The predicted octanol–water partition coefficient (Wildman–Crippen LogP) is 2.60. The average Bonchev–Trinajstić information content (AvgIpc) is 3.16. The largest absolute Gasteiger partial charge is 0.480 e. The molecule has 0 aromatic heterocycles. The molecular formula is C41H56N4O10. The number of nitrogens with zero attached hydrogens (tertiary/aromatic N) is 4. The van der Waals surface area contributed by atoms with Gasteiger partial charge in [0.25, 0.3) is 0 Å². The van der Waals surface area contributed by atoms with Crippen LogP contribution in [0.1, 0.15) is 23.6 Å². The smallest absolute Gasteiger partial charge is 0.328 e. The number of carbonyl (C=O) groups is 3. The quantitative estimate of drug-likeness (QED) is 0.132. The summed E-state index contributed by atoms with van der Waals surface area (Å²) in [5.41, 5.74) is 0.898. The molecule has 4 rings (SSSR count). The molecule has 3 aromatic carbocycles. The van der Waals surface area contributed by atoms with Crippen LogP contribution >= 0.6 is 0 Å². The first-order valence-corrected chi connectivity index (χ1v) is 18.7. The number of aliphatic carboxylic acids is 3. The van der Waals surface area contributed by atoms with Gasteiger partial charge in [0.15, 0.2) is 5.54 Å². The van der Waals surface area contributed by atoms with Crippen molar-refractivity contribution in [2.45, 2.75) is 44.4 Å². The highest BCUT2D eigenvalue weighted by Crippen LogP contribution is 2.22. The molecule has 0 spiro atoms. The number of benzene rings is 3. The topological polar surface area (TPSA) is 173 Å². The van der Waals surface area contributed by atoms with E-state index < -0.39 is 35.6 Å². The Morgan fingerprint density at radius 2 is 1.07 bits per heavy atom. The molecule has 4 N–H and O–H groups in total. The third-order valence-corrected chi connectivity index (χ3v) is 9.68. The Bertz CT molecular complexity index is 1520. The molecule has 1 aliphatic heterocycles. The van der Waals surface area contributed by atoms with Gasteiger partial charge in [0.2, 0.25) is 0 Å². The van der Waals surface area contributed by atoms with E-state index in [9.17, 15) is 34.8 Å². The van der Waals surface area contributed by atoms with Crippen LogP contribution < -0.4 is 0 Å². The molecule has 3 aromatic rings. The Labute approximate surface area is 323 Å². The van der Waals surface area contributed by atoms with E-state index >= 15 is 0 Å². The summed E-state index contributed by atoms with van der Waals surface area (Å²) >= 11 is 0. The normalized spacial score (nSPS) is 17.1. The second kappa shape index (κ2) is 23.0. The maximum absolute atomic E-state index is 13.6. The van der Waals surface area contributed by atoms with Crippen molar-refractivity contribution >= 4 is 17.9 Å². The lowest BCUT2D eigenvalue weighted by molar-refractivity contribution is -0.166. The Morgan fingerprint density at radius 1 is 0.636 bits per heavy atom. The van der Waals surface area contributed by atoms with Gasteiger partial charge in [-0.05, 0) is 23.6 Å². The maximum Gasteiger partial charge on any atom is 0.328 e. The zero-order valence-electron chi connectivity index (χ0n) is 31.7. The highest BCUT2D eigenvalue weighted by Gasteiger charge is 2.46. The molecule has 0 bridgehead atoms. The first-order chi connectivity index (χ1) is 26.6. The lowest BCUT2D eigenvalue weighted by Crippen LogP contribution is -2.64. The van der Waals surface area contributed by atoms with E-state index in [0.29, 0.717) is 26.2 Å². The van der Waals surface area contributed by atoms with Gasteiger partial charge in [0.1, 0.15) is 6.04 Å². The molecular weight excluding hydrogens is 708 g/mol. The number of rotatable bonds is 20. The first-order valence-electron chi connectivity index (χ1n) is 18.7. The third-order valence-electron chi connectivity index (χ3n) is 9.68. The summed E-state index contributed by atoms with van der Waals surface area (Å²) in [6, 6.07) is 27.2. The van der Waals surface area contributed by atoms with Crippen molar-refractivity contribution in [3.05, 3.63) is 108 Å². The summed E-state index contributed by atoms with van der Waals surface area (Å²) in [6.45, 7) is 3.53. The zero-order valence-corrected chi connectivity index (χ0v) is 31.7. The second-order valence-corrected chi connectivity index (χ2v) is 14.0. The molecule has 2 atom stereocenters. The maximum atomic E-state index is 13.6. The minimum atomic E-state index is -1.73. The van der Waals surface area contributed by atoms with Crippen molar-refractivity contribution in [3.8, 4) is 0 Å². The van der Waals surface area contributed by atoms with Crippen molar-refractivity contribution in [1.82, 2.24) is 19.6 Å². The van der Waals surface area contributed by atoms with Crippen LogP contribution in [-0.2, 0) is 48.4 Å². The summed E-state index contributed by atoms with van der Waals surface area (Å²) in [4.78, 5) is 45.7. The second-order valence-electron chi connectivity index (χ2n) is 14.0. The number of ether oxygens (including phenoxy) is 3. The predicted molar refractivity (Wildman–Crippen MR) is 205 cm³/mol. The summed E-state index contributed by atoms with van der Waals surface area (Å²) < 4.78 is 18.3. The molecule has 1 saturated heterocycles. The first kappa shape index (κ1) is 43.5. The molecule has 0 amide bonds. The van der Waals surface area contributed by atoms with Gasteiger partial charge in [-0.25, -0.2) is 0 Å². The van der Waals surface area contributed by atoms with E-state index in [2.05, 4.69) is 0 Å². The van der Waals surface area contributed by atoms with Gasteiger partial charge in [0, 0.05) is 58.9 Å². The van der Waals surface area contributed by atoms with E-state index in [1.165, 1.54) is 0 Å². The van der Waals surface area contributed by atoms with Crippen LogP contribution in [0, 0.1) is 0 Å².